The Morgan fingerprint density at radius 1 is 1.32 bits per heavy atom. The van der Waals surface area contributed by atoms with Gasteiger partial charge in [-0.3, -0.25) is 4.79 Å². The van der Waals surface area contributed by atoms with E-state index in [1.54, 1.807) is 0 Å². The number of aliphatic hydroxyl groups excluding tert-OH is 1. The summed E-state index contributed by atoms with van der Waals surface area (Å²) in [6.45, 7) is 8.42. The zero-order valence-electron chi connectivity index (χ0n) is 15.8. The standard InChI is InChI=1S/C20H32O5/c1-12(9-17(22)23)5-7-19(3)13(2)6-8-20(4)15(18(24)25)10-14(21)11-16(19)20/h10,12-14,16,21H,5-9,11H2,1-4H3,(H,22,23)(H,24,25)/t12-,13-,14-,16-,19-,20-/m1/s1. The van der Waals surface area contributed by atoms with E-state index in [2.05, 4.69) is 13.8 Å². The van der Waals surface area contributed by atoms with Crippen LogP contribution in [0.4, 0.5) is 0 Å². The molecule has 0 radical (unpaired) electrons. The highest BCUT2D eigenvalue weighted by Gasteiger charge is 2.56. The predicted molar refractivity (Wildman–Crippen MR) is 95.1 cm³/mol. The fourth-order valence-electron chi connectivity index (χ4n) is 5.33. The van der Waals surface area contributed by atoms with Crippen LogP contribution in [0.5, 0.6) is 0 Å². The number of hydrogen-bond donors (Lipinski definition) is 3. The molecule has 0 amide bonds. The van der Waals surface area contributed by atoms with Crippen LogP contribution < -0.4 is 0 Å². The molecule has 5 nitrogen and oxygen atoms in total. The van der Waals surface area contributed by atoms with E-state index in [9.17, 15) is 19.8 Å². The summed E-state index contributed by atoms with van der Waals surface area (Å²) >= 11 is 0. The van der Waals surface area contributed by atoms with Gasteiger partial charge in [-0.1, -0.05) is 27.7 Å². The lowest BCUT2D eigenvalue weighted by molar-refractivity contribution is -0.140. The van der Waals surface area contributed by atoms with E-state index in [0.29, 0.717) is 17.9 Å². The number of aliphatic carboxylic acids is 2. The maximum atomic E-state index is 11.8. The van der Waals surface area contributed by atoms with Gasteiger partial charge in [0.25, 0.3) is 0 Å². The van der Waals surface area contributed by atoms with Gasteiger partial charge in [-0.15, -0.1) is 0 Å². The molecule has 0 spiro atoms. The molecule has 0 heterocycles. The van der Waals surface area contributed by atoms with Crippen molar-refractivity contribution in [1.29, 1.82) is 0 Å². The van der Waals surface area contributed by atoms with Crippen molar-refractivity contribution < 1.29 is 24.9 Å². The van der Waals surface area contributed by atoms with Crippen molar-refractivity contribution in [3.63, 3.8) is 0 Å². The Bertz CT molecular complexity index is 568. The van der Waals surface area contributed by atoms with Crippen molar-refractivity contribution in [1.82, 2.24) is 0 Å². The molecule has 6 atom stereocenters. The maximum absolute atomic E-state index is 11.8. The minimum atomic E-state index is -0.928. The van der Waals surface area contributed by atoms with Gasteiger partial charge < -0.3 is 15.3 Å². The van der Waals surface area contributed by atoms with Gasteiger partial charge in [0, 0.05) is 17.4 Å². The van der Waals surface area contributed by atoms with Gasteiger partial charge in [-0.05, 0) is 61.3 Å². The van der Waals surface area contributed by atoms with Crippen molar-refractivity contribution >= 4 is 11.9 Å². The highest BCUT2D eigenvalue weighted by Crippen LogP contribution is 2.62. The van der Waals surface area contributed by atoms with Crippen LogP contribution in [0.2, 0.25) is 0 Å². The Morgan fingerprint density at radius 3 is 2.52 bits per heavy atom. The summed E-state index contributed by atoms with van der Waals surface area (Å²) < 4.78 is 0. The van der Waals surface area contributed by atoms with Gasteiger partial charge in [0.05, 0.1) is 6.10 Å². The van der Waals surface area contributed by atoms with Crippen molar-refractivity contribution in [3.8, 4) is 0 Å². The second-order valence-electron chi connectivity index (χ2n) is 8.85. The number of aliphatic hydroxyl groups is 1. The van der Waals surface area contributed by atoms with Crippen molar-refractivity contribution in [2.75, 3.05) is 0 Å². The third-order valence-corrected chi connectivity index (χ3v) is 7.17. The molecule has 142 valence electrons. The van der Waals surface area contributed by atoms with Gasteiger partial charge in [0.1, 0.15) is 0 Å². The smallest absolute Gasteiger partial charge is 0.331 e. The van der Waals surface area contributed by atoms with Gasteiger partial charge in [0.15, 0.2) is 0 Å². The fraction of sp³-hybridized carbons (Fsp3) is 0.800. The lowest BCUT2D eigenvalue weighted by Crippen LogP contribution is -2.53. The van der Waals surface area contributed by atoms with Gasteiger partial charge >= 0.3 is 11.9 Å². The monoisotopic (exact) mass is 352 g/mol. The van der Waals surface area contributed by atoms with Crippen LogP contribution in [0.15, 0.2) is 11.6 Å². The first-order valence-corrected chi connectivity index (χ1v) is 9.36. The van der Waals surface area contributed by atoms with Crippen LogP contribution in [0.3, 0.4) is 0 Å². The Kier molecular flexibility index (Phi) is 5.67. The average Bonchev–Trinajstić information content (AvgIpc) is 2.50. The maximum Gasteiger partial charge on any atom is 0.331 e. The van der Waals surface area contributed by atoms with Crippen molar-refractivity contribution in [2.24, 2.45) is 28.6 Å². The highest BCUT2D eigenvalue weighted by atomic mass is 16.4. The number of carboxylic acids is 2. The van der Waals surface area contributed by atoms with E-state index in [-0.39, 0.29) is 23.7 Å². The molecule has 3 N–H and O–H groups in total. The Morgan fingerprint density at radius 2 is 1.96 bits per heavy atom. The molecule has 0 aliphatic heterocycles. The molecular formula is C20H32O5. The molecule has 0 saturated heterocycles. The summed E-state index contributed by atoms with van der Waals surface area (Å²) in [5.74, 6) is -1.10. The summed E-state index contributed by atoms with van der Waals surface area (Å²) in [5, 5.41) is 28.9. The van der Waals surface area contributed by atoms with Gasteiger partial charge in [0.2, 0.25) is 0 Å². The summed E-state index contributed by atoms with van der Waals surface area (Å²) in [4.78, 5) is 22.7. The van der Waals surface area contributed by atoms with E-state index in [0.717, 1.165) is 25.7 Å². The van der Waals surface area contributed by atoms with Crippen LogP contribution in [-0.4, -0.2) is 33.4 Å². The SMILES string of the molecule is C[C@H](CC[C@]1(C)[C@H](C)CC[C@]2(C)C(C(=O)O)=C[C@@H](O)C[C@H]12)CC(=O)O. The van der Waals surface area contributed by atoms with Crippen LogP contribution >= 0.6 is 0 Å². The fourth-order valence-corrected chi connectivity index (χ4v) is 5.33. The molecule has 0 aromatic rings. The molecular weight excluding hydrogens is 320 g/mol. The lowest BCUT2D eigenvalue weighted by Gasteiger charge is -2.58. The zero-order valence-corrected chi connectivity index (χ0v) is 15.8. The van der Waals surface area contributed by atoms with E-state index < -0.39 is 23.5 Å². The Labute approximate surface area is 150 Å². The van der Waals surface area contributed by atoms with E-state index in [1.165, 1.54) is 6.08 Å². The minimum Gasteiger partial charge on any atom is -0.481 e. The number of rotatable bonds is 6. The molecule has 25 heavy (non-hydrogen) atoms. The molecule has 1 saturated carbocycles. The van der Waals surface area contributed by atoms with Gasteiger partial charge in [-0.2, -0.15) is 0 Å². The molecule has 0 aromatic heterocycles. The Balaban J connectivity index is 2.29. The first-order chi connectivity index (χ1) is 11.5. The number of fused-ring (bicyclic) bond motifs is 1. The quantitative estimate of drug-likeness (QED) is 0.677. The van der Waals surface area contributed by atoms with Gasteiger partial charge in [-0.25, -0.2) is 4.79 Å². The van der Waals surface area contributed by atoms with E-state index >= 15 is 0 Å². The molecule has 5 heteroatoms. The minimum absolute atomic E-state index is 0.0897. The van der Waals surface area contributed by atoms with Crippen molar-refractivity contribution in [2.45, 2.75) is 72.3 Å². The van der Waals surface area contributed by atoms with Crippen LogP contribution in [0.1, 0.15) is 66.2 Å². The average molecular weight is 352 g/mol. The summed E-state index contributed by atoms with van der Waals surface area (Å²) in [7, 11) is 0. The molecule has 1 fully saturated rings. The molecule has 0 bridgehead atoms. The van der Waals surface area contributed by atoms with Crippen molar-refractivity contribution in [3.05, 3.63) is 11.6 Å². The highest BCUT2D eigenvalue weighted by molar-refractivity contribution is 5.88. The van der Waals surface area contributed by atoms with Crippen LogP contribution in [-0.2, 0) is 9.59 Å². The predicted octanol–water partition coefficient (Wildman–Crippen LogP) is 3.71. The van der Waals surface area contributed by atoms with E-state index in [4.69, 9.17) is 5.11 Å². The van der Waals surface area contributed by atoms with E-state index in [1.807, 2.05) is 13.8 Å². The number of carboxylic acid groups (broad SMARTS) is 2. The first-order valence-electron chi connectivity index (χ1n) is 9.36. The lowest BCUT2D eigenvalue weighted by atomic mass is 9.46. The van der Waals surface area contributed by atoms with Crippen LogP contribution in [0.25, 0.3) is 0 Å². The molecule has 0 unspecified atom stereocenters. The zero-order chi connectivity index (χ0) is 19.0. The molecule has 0 aromatic carbocycles. The second kappa shape index (κ2) is 7.10. The molecule has 2 aliphatic carbocycles. The summed E-state index contributed by atoms with van der Waals surface area (Å²) in [5.41, 5.74) is -0.175. The second-order valence-corrected chi connectivity index (χ2v) is 8.85. The number of carbonyl (C=O) groups is 2. The molecule has 2 aliphatic rings. The first kappa shape index (κ1) is 20.0. The normalized spacial score (nSPS) is 39.2. The summed E-state index contributed by atoms with van der Waals surface area (Å²) in [6, 6.07) is 0. The Hall–Kier alpha value is -1.36. The third-order valence-electron chi connectivity index (χ3n) is 7.17. The largest absolute Gasteiger partial charge is 0.481 e. The third kappa shape index (κ3) is 3.76. The number of hydrogen-bond acceptors (Lipinski definition) is 3. The molecule has 2 rings (SSSR count). The topological polar surface area (TPSA) is 94.8 Å². The summed E-state index contributed by atoms with van der Waals surface area (Å²) in [6.07, 6.45) is 5.01. The van der Waals surface area contributed by atoms with Crippen LogP contribution in [0, 0.1) is 28.6 Å².